The van der Waals surface area contributed by atoms with Crippen LogP contribution in [0.15, 0.2) is 54.0 Å². The quantitative estimate of drug-likeness (QED) is 0.165. The van der Waals surface area contributed by atoms with Crippen molar-refractivity contribution in [1.29, 1.82) is 5.26 Å². The Bertz CT molecular complexity index is 1360. The highest BCUT2D eigenvalue weighted by Crippen LogP contribution is 2.37. The summed E-state index contributed by atoms with van der Waals surface area (Å²) in [6, 6.07) is 16.6. The average molecular weight is 586 g/mol. The average Bonchev–Trinajstić information content (AvgIpc) is 3.28. The summed E-state index contributed by atoms with van der Waals surface area (Å²) in [6.07, 6.45) is 0.278. The lowest BCUT2D eigenvalue weighted by molar-refractivity contribution is -0.119. The van der Waals surface area contributed by atoms with Crippen LogP contribution in [0.2, 0.25) is 18.1 Å². The molecule has 224 valence electrons. The molecule has 1 aliphatic rings. The number of hydrogen-bond donors (Lipinski definition) is 0. The van der Waals surface area contributed by atoms with Crippen LogP contribution in [-0.2, 0) is 22.4 Å². The summed E-state index contributed by atoms with van der Waals surface area (Å²) in [6.45, 7) is 30.0. The van der Waals surface area contributed by atoms with Crippen molar-refractivity contribution in [1.82, 2.24) is 9.80 Å². The largest absolute Gasteiger partial charge is 0.413 e. The zero-order valence-electron chi connectivity index (χ0n) is 26.9. The van der Waals surface area contributed by atoms with E-state index in [1.54, 1.807) is 0 Å². The second kappa shape index (κ2) is 13.6. The van der Waals surface area contributed by atoms with Crippen molar-refractivity contribution in [2.75, 3.05) is 24.5 Å². The number of nitrogens with zero attached hydrogens (tertiary/aromatic N) is 5. The minimum absolute atomic E-state index is 0.0147. The molecular formula is C34H47N5O2Si. The molecule has 0 saturated carbocycles. The number of hydrogen-bond acceptors (Lipinski definition) is 5. The monoisotopic (exact) mass is 585 g/mol. The molecule has 1 saturated heterocycles. The molecule has 1 fully saturated rings. The van der Waals surface area contributed by atoms with Gasteiger partial charge >= 0.3 is 5.70 Å². The Kier molecular flexibility index (Phi) is 10.6. The van der Waals surface area contributed by atoms with Gasteiger partial charge in [-0.15, -0.1) is 0 Å². The van der Waals surface area contributed by atoms with E-state index in [1.807, 2.05) is 35.8 Å². The van der Waals surface area contributed by atoms with Gasteiger partial charge in [0.15, 0.2) is 8.32 Å². The van der Waals surface area contributed by atoms with Gasteiger partial charge in [0.1, 0.15) is 5.82 Å². The van der Waals surface area contributed by atoms with Gasteiger partial charge in [-0.1, -0.05) is 62.2 Å². The number of amides is 1. The lowest BCUT2D eigenvalue weighted by Crippen LogP contribution is -2.40. The van der Waals surface area contributed by atoms with Crippen LogP contribution in [0.3, 0.4) is 0 Å². The van der Waals surface area contributed by atoms with Crippen molar-refractivity contribution in [3.63, 3.8) is 0 Å². The fourth-order valence-electron chi connectivity index (χ4n) is 5.19. The fraction of sp³-hybridized carbons (Fsp3) is 0.500. The van der Waals surface area contributed by atoms with Gasteiger partial charge in [0.05, 0.1) is 19.2 Å². The van der Waals surface area contributed by atoms with Gasteiger partial charge < -0.3 is 19.1 Å². The van der Waals surface area contributed by atoms with E-state index in [0.29, 0.717) is 38.6 Å². The molecule has 0 unspecified atom stereocenters. The molecule has 8 heteroatoms. The first-order valence-electron chi connectivity index (χ1n) is 14.8. The molecule has 0 N–H and O–H groups in total. The molecule has 42 heavy (non-hydrogen) atoms. The van der Waals surface area contributed by atoms with E-state index in [9.17, 15) is 10.1 Å². The van der Waals surface area contributed by atoms with Crippen LogP contribution in [0.5, 0.6) is 0 Å². The van der Waals surface area contributed by atoms with Gasteiger partial charge in [-0.05, 0) is 69.1 Å². The number of allylic oxidation sites excluding steroid dienone is 1. The smallest absolute Gasteiger partial charge is 0.300 e. The predicted molar refractivity (Wildman–Crippen MR) is 173 cm³/mol. The molecule has 0 radical (unpaired) electrons. The van der Waals surface area contributed by atoms with Crippen molar-refractivity contribution in [3.8, 4) is 6.07 Å². The Labute approximate surface area is 254 Å². The van der Waals surface area contributed by atoms with Crippen molar-refractivity contribution in [2.45, 2.75) is 92.2 Å². The normalized spacial score (nSPS) is 15.0. The SMILES string of the molecule is [C-]#[N+]C(C#N)=C1N(CCC(=O)N(c2cccc(CO[Si](C)(C)C(C)(C)C)c2)C(C)C)CCN1Cc1cc(C)cc(C)c1. The third kappa shape index (κ3) is 8.03. The molecule has 2 aromatic carbocycles. The summed E-state index contributed by atoms with van der Waals surface area (Å²) in [5.41, 5.74) is 5.50. The first kappa shape index (κ1) is 32.9. The molecule has 0 bridgehead atoms. The van der Waals surface area contributed by atoms with Crippen molar-refractivity contribution >= 4 is 19.9 Å². The number of carbonyl (C=O) groups excluding carboxylic acids is 1. The number of nitriles is 1. The molecule has 0 aliphatic carbocycles. The van der Waals surface area contributed by atoms with Gasteiger partial charge in [-0.25, -0.2) is 10.1 Å². The summed E-state index contributed by atoms with van der Waals surface area (Å²) in [5, 5.41) is 9.90. The standard InChI is InChI=1S/C34H47N5O2Si/c1-25(2)39(30-13-11-12-28(21-30)24-41-42(9,10)34(5,6)7)32(40)14-15-37-16-17-38(33(37)31(22-35)36-8)23-29-19-26(3)18-27(4)20-29/h11-13,18-21,25H,14-17,23-24H2,1-7,9-10H3. The number of anilines is 1. The van der Waals surface area contributed by atoms with E-state index >= 15 is 0 Å². The fourth-order valence-corrected chi connectivity index (χ4v) is 6.15. The van der Waals surface area contributed by atoms with Gasteiger partial charge in [-0.3, -0.25) is 4.79 Å². The number of aryl methyl sites for hydroxylation is 2. The van der Waals surface area contributed by atoms with E-state index in [-0.39, 0.29) is 29.1 Å². The van der Waals surface area contributed by atoms with Crippen LogP contribution in [-0.4, -0.2) is 49.7 Å². The molecule has 1 amide bonds. The maximum absolute atomic E-state index is 13.7. The second-order valence-corrected chi connectivity index (χ2v) is 17.9. The molecular weight excluding hydrogens is 538 g/mol. The molecule has 3 rings (SSSR count). The zero-order chi connectivity index (χ0) is 31.2. The maximum Gasteiger partial charge on any atom is 0.300 e. The van der Waals surface area contributed by atoms with Crippen LogP contribution in [0.25, 0.3) is 4.85 Å². The first-order chi connectivity index (χ1) is 19.7. The Morgan fingerprint density at radius 1 is 1.10 bits per heavy atom. The summed E-state index contributed by atoms with van der Waals surface area (Å²) in [7, 11) is -1.90. The highest BCUT2D eigenvalue weighted by molar-refractivity contribution is 6.74. The van der Waals surface area contributed by atoms with Crippen molar-refractivity contribution in [3.05, 3.63) is 87.7 Å². The molecule has 0 spiro atoms. The molecule has 0 aromatic heterocycles. The van der Waals surface area contributed by atoms with Crippen molar-refractivity contribution in [2.24, 2.45) is 0 Å². The molecule has 1 heterocycles. The lowest BCUT2D eigenvalue weighted by atomic mass is 10.1. The number of benzene rings is 2. The van der Waals surface area contributed by atoms with Crippen LogP contribution in [0.1, 0.15) is 63.3 Å². The molecule has 0 atom stereocenters. The minimum atomic E-state index is -1.90. The van der Waals surface area contributed by atoms with E-state index in [2.05, 4.69) is 93.9 Å². The van der Waals surface area contributed by atoms with Crippen LogP contribution in [0, 0.1) is 31.8 Å². The Hall–Kier alpha value is -3.59. The van der Waals surface area contributed by atoms with E-state index in [4.69, 9.17) is 11.0 Å². The Morgan fingerprint density at radius 2 is 1.74 bits per heavy atom. The number of rotatable bonds is 10. The Balaban J connectivity index is 1.76. The molecule has 2 aromatic rings. The second-order valence-electron chi connectivity index (χ2n) is 13.1. The minimum Gasteiger partial charge on any atom is -0.413 e. The summed E-state index contributed by atoms with van der Waals surface area (Å²) in [5.74, 6) is 0.640. The molecule has 7 nitrogen and oxygen atoms in total. The van der Waals surface area contributed by atoms with Gasteiger partial charge in [0, 0.05) is 44.3 Å². The highest BCUT2D eigenvalue weighted by atomic mass is 28.4. The first-order valence-corrected chi connectivity index (χ1v) is 17.7. The molecule has 1 aliphatic heterocycles. The summed E-state index contributed by atoms with van der Waals surface area (Å²) in [4.78, 5) is 23.2. The third-order valence-corrected chi connectivity index (χ3v) is 12.8. The van der Waals surface area contributed by atoms with Gasteiger partial charge in [0.25, 0.3) is 0 Å². The van der Waals surface area contributed by atoms with Crippen LogP contribution in [0.4, 0.5) is 5.69 Å². The van der Waals surface area contributed by atoms with Crippen LogP contribution < -0.4 is 4.90 Å². The van der Waals surface area contributed by atoms with Gasteiger partial charge in [0.2, 0.25) is 5.91 Å². The third-order valence-electron chi connectivity index (χ3n) is 8.30. The topological polar surface area (TPSA) is 64.2 Å². The summed E-state index contributed by atoms with van der Waals surface area (Å²) < 4.78 is 6.44. The maximum atomic E-state index is 13.7. The lowest BCUT2D eigenvalue weighted by Gasteiger charge is -2.36. The van der Waals surface area contributed by atoms with Gasteiger partial charge in [-0.2, -0.15) is 0 Å². The zero-order valence-corrected chi connectivity index (χ0v) is 27.9. The highest BCUT2D eigenvalue weighted by Gasteiger charge is 2.37. The van der Waals surface area contributed by atoms with E-state index in [1.165, 1.54) is 11.1 Å². The van der Waals surface area contributed by atoms with E-state index in [0.717, 1.165) is 16.8 Å². The summed E-state index contributed by atoms with van der Waals surface area (Å²) >= 11 is 0. The Morgan fingerprint density at radius 3 is 2.31 bits per heavy atom. The van der Waals surface area contributed by atoms with E-state index < -0.39 is 8.32 Å². The van der Waals surface area contributed by atoms with Crippen LogP contribution >= 0.6 is 0 Å². The van der Waals surface area contributed by atoms with Crippen molar-refractivity contribution < 1.29 is 9.22 Å². The number of carbonyl (C=O) groups is 1. The predicted octanol–water partition coefficient (Wildman–Crippen LogP) is 7.39.